The molecule has 6 heteroatoms. The Morgan fingerprint density at radius 1 is 1.04 bits per heavy atom. The first kappa shape index (κ1) is 15.6. The Balaban J connectivity index is 1.76. The number of anilines is 1. The topological polar surface area (TPSA) is 60.4 Å². The summed E-state index contributed by atoms with van der Waals surface area (Å²) in [5.74, 6) is 3.26. The normalized spacial score (nSPS) is 13.6. The monoisotopic (exact) mass is 336 g/mol. The van der Waals surface area contributed by atoms with Gasteiger partial charge in [-0.05, 0) is 42.7 Å². The molecule has 0 bridgehead atoms. The minimum absolute atomic E-state index is 0.758. The SMILES string of the molecule is COc1cc2c(cc1OC)CN(c1nc(C)nc3cnccc13)CC2. The molecule has 1 aromatic carbocycles. The van der Waals surface area contributed by atoms with Crippen LogP contribution >= 0.6 is 0 Å². The molecule has 0 spiro atoms. The zero-order chi connectivity index (χ0) is 17.4. The molecule has 1 aliphatic rings. The number of rotatable bonds is 3. The molecule has 0 unspecified atom stereocenters. The summed E-state index contributed by atoms with van der Waals surface area (Å²) in [6, 6.07) is 6.13. The fraction of sp³-hybridized carbons (Fsp3) is 0.316. The first-order chi connectivity index (χ1) is 12.2. The van der Waals surface area contributed by atoms with E-state index in [1.807, 2.05) is 13.0 Å². The number of hydrogen-bond donors (Lipinski definition) is 0. The van der Waals surface area contributed by atoms with E-state index in [1.165, 1.54) is 11.1 Å². The van der Waals surface area contributed by atoms with Gasteiger partial charge in [0, 0.05) is 24.7 Å². The summed E-state index contributed by atoms with van der Waals surface area (Å²) >= 11 is 0. The van der Waals surface area contributed by atoms with E-state index in [0.29, 0.717) is 0 Å². The smallest absolute Gasteiger partial charge is 0.161 e. The minimum Gasteiger partial charge on any atom is -0.493 e. The van der Waals surface area contributed by atoms with E-state index < -0.39 is 0 Å². The molecular weight excluding hydrogens is 316 g/mol. The summed E-state index contributed by atoms with van der Waals surface area (Å²) in [7, 11) is 3.34. The molecule has 128 valence electrons. The average molecular weight is 336 g/mol. The van der Waals surface area contributed by atoms with E-state index in [1.54, 1.807) is 26.6 Å². The van der Waals surface area contributed by atoms with Gasteiger partial charge in [-0.3, -0.25) is 4.98 Å². The third kappa shape index (κ3) is 2.73. The van der Waals surface area contributed by atoms with Crippen molar-refractivity contribution in [2.45, 2.75) is 19.9 Å². The zero-order valence-electron chi connectivity index (χ0n) is 14.6. The predicted molar refractivity (Wildman–Crippen MR) is 96.4 cm³/mol. The Labute approximate surface area is 146 Å². The van der Waals surface area contributed by atoms with Gasteiger partial charge < -0.3 is 14.4 Å². The van der Waals surface area contributed by atoms with Crippen molar-refractivity contribution in [1.29, 1.82) is 0 Å². The highest BCUT2D eigenvalue weighted by Crippen LogP contribution is 2.35. The van der Waals surface area contributed by atoms with Crippen LogP contribution in [0.25, 0.3) is 10.9 Å². The maximum absolute atomic E-state index is 5.46. The van der Waals surface area contributed by atoms with Gasteiger partial charge in [0.05, 0.1) is 25.9 Å². The summed E-state index contributed by atoms with van der Waals surface area (Å²) < 4.78 is 10.9. The van der Waals surface area contributed by atoms with Gasteiger partial charge in [-0.25, -0.2) is 9.97 Å². The van der Waals surface area contributed by atoms with E-state index in [2.05, 4.69) is 27.0 Å². The summed E-state index contributed by atoms with van der Waals surface area (Å²) in [6.45, 7) is 3.60. The lowest BCUT2D eigenvalue weighted by molar-refractivity contribution is 0.353. The molecule has 25 heavy (non-hydrogen) atoms. The highest BCUT2D eigenvalue weighted by Gasteiger charge is 2.22. The molecule has 0 saturated heterocycles. The first-order valence-electron chi connectivity index (χ1n) is 8.26. The molecule has 4 rings (SSSR count). The molecule has 0 radical (unpaired) electrons. The summed E-state index contributed by atoms with van der Waals surface area (Å²) in [6.07, 6.45) is 4.51. The van der Waals surface area contributed by atoms with Gasteiger partial charge >= 0.3 is 0 Å². The van der Waals surface area contributed by atoms with E-state index in [4.69, 9.17) is 14.5 Å². The molecule has 3 aromatic rings. The standard InChI is InChI=1S/C19H20N4O2/c1-12-21-16-10-20-6-4-15(16)19(22-12)23-7-5-13-8-17(24-2)18(25-3)9-14(13)11-23/h4,6,8-10H,5,7,11H2,1-3H3. The van der Waals surface area contributed by atoms with Crippen LogP contribution in [0.15, 0.2) is 30.6 Å². The van der Waals surface area contributed by atoms with Crippen molar-refractivity contribution in [2.75, 3.05) is 25.7 Å². The van der Waals surface area contributed by atoms with Gasteiger partial charge in [0.15, 0.2) is 11.5 Å². The second-order valence-corrected chi connectivity index (χ2v) is 6.13. The van der Waals surface area contributed by atoms with E-state index in [0.717, 1.165) is 53.6 Å². The maximum Gasteiger partial charge on any atom is 0.161 e. The van der Waals surface area contributed by atoms with Gasteiger partial charge in [-0.2, -0.15) is 0 Å². The lowest BCUT2D eigenvalue weighted by atomic mass is 9.98. The lowest BCUT2D eigenvalue weighted by Crippen LogP contribution is -2.31. The number of pyridine rings is 1. The average Bonchev–Trinajstić information content (AvgIpc) is 2.65. The van der Waals surface area contributed by atoms with Crippen LogP contribution < -0.4 is 14.4 Å². The van der Waals surface area contributed by atoms with Gasteiger partial charge in [-0.15, -0.1) is 0 Å². The van der Waals surface area contributed by atoms with Gasteiger partial charge in [0.25, 0.3) is 0 Å². The molecule has 0 atom stereocenters. The summed E-state index contributed by atoms with van der Waals surface area (Å²) in [5.41, 5.74) is 3.41. The zero-order valence-corrected chi connectivity index (χ0v) is 14.6. The molecule has 0 amide bonds. The fourth-order valence-electron chi connectivity index (χ4n) is 3.38. The van der Waals surface area contributed by atoms with Crippen LogP contribution in [0.3, 0.4) is 0 Å². The molecular formula is C19H20N4O2. The van der Waals surface area contributed by atoms with Crippen molar-refractivity contribution in [1.82, 2.24) is 15.0 Å². The number of aryl methyl sites for hydroxylation is 1. The van der Waals surface area contributed by atoms with Gasteiger partial charge in [0.1, 0.15) is 11.6 Å². The first-order valence-corrected chi connectivity index (χ1v) is 8.26. The van der Waals surface area contributed by atoms with Crippen LogP contribution in [-0.2, 0) is 13.0 Å². The van der Waals surface area contributed by atoms with Crippen LogP contribution in [0.1, 0.15) is 17.0 Å². The van der Waals surface area contributed by atoms with E-state index in [-0.39, 0.29) is 0 Å². The van der Waals surface area contributed by atoms with Crippen LogP contribution in [0, 0.1) is 6.92 Å². The molecule has 0 fully saturated rings. The third-order valence-corrected chi connectivity index (χ3v) is 4.61. The summed E-state index contributed by atoms with van der Waals surface area (Å²) in [5, 5.41) is 1.03. The van der Waals surface area contributed by atoms with Crippen molar-refractivity contribution in [2.24, 2.45) is 0 Å². The lowest BCUT2D eigenvalue weighted by Gasteiger charge is -2.31. The van der Waals surface area contributed by atoms with E-state index in [9.17, 15) is 0 Å². The molecule has 0 N–H and O–H groups in total. The number of ether oxygens (including phenoxy) is 2. The number of hydrogen-bond acceptors (Lipinski definition) is 6. The Morgan fingerprint density at radius 2 is 1.80 bits per heavy atom. The molecule has 0 aliphatic carbocycles. The van der Waals surface area contributed by atoms with E-state index >= 15 is 0 Å². The van der Waals surface area contributed by atoms with Crippen LogP contribution in [-0.4, -0.2) is 35.7 Å². The fourth-order valence-corrected chi connectivity index (χ4v) is 3.38. The number of nitrogens with zero attached hydrogens (tertiary/aromatic N) is 4. The van der Waals surface area contributed by atoms with Crippen molar-refractivity contribution in [3.63, 3.8) is 0 Å². The highest BCUT2D eigenvalue weighted by atomic mass is 16.5. The second-order valence-electron chi connectivity index (χ2n) is 6.13. The van der Waals surface area contributed by atoms with Crippen LogP contribution in [0.2, 0.25) is 0 Å². The number of benzene rings is 1. The highest BCUT2D eigenvalue weighted by molar-refractivity contribution is 5.89. The second kappa shape index (κ2) is 6.20. The van der Waals surface area contributed by atoms with Crippen LogP contribution in [0.5, 0.6) is 11.5 Å². The van der Waals surface area contributed by atoms with Crippen LogP contribution in [0.4, 0.5) is 5.82 Å². The van der Waals surface area contributed by atoms with Crippen molar-refractivity contribution >= 4 is 16.7 Å². The molecule has 0 saturated carbocycles. The van der Waals surface area contributed by atoms with Gasteiger partial charge in [-0.1, -0.05) is 0 Å². The molecule has 2 aromatic heterocycles. The van der Waals surface area contributed by atoms with Crippen molar-refractivity contribution in [3.8, 4) is 11.5 Å². The predicted octanol–water partition coefficient (Wildman–Crippen LogP) is 2.91. The largest absolute Gasteiger partial charge is 0.493 e. The minimum atomic E-state index is 0.758. The number of fused-ring (bicyclic) bond motifs is 2. The van der Waals surface area contributed by atoms with Gasteiger partial charge in [0.2, 0.25) is 0 Å². The quantitative estimate of drug-likeness (QED) is 0.733. The molecule has 3 heterocycles. The maximum atomic E-state index is 5.46. The van der Waals surface area contributed by atoms with Crippen molar-refractivity contribution in [3.05, 3.63) is 47.5 Å². The Kier molecular flexibility index (Phi) is 3.87. The number of methoxy groups -OCH3 is 2. The summed E-state index contributed by atoms with van der Waals surface area (Å²) in [4.78, 5) is 15.7. The molecule has 1 aliphatic heterocycles. The third-order valence-electron chi connectivity index (χ3n) is 4.61. The molecule has 6 nitrogen and oxygen atoms in total. The Morgan fingerprint density at radius 3 is 2.56 bits per heavy atom. The Hall–Kier alpha value is -2.89. The Bertz CT molecular complexity index is 942. The van der Waals surface area contributed by atoms with Crippen molar-refractivity contribution < 1.29 is 9.47 Å². The number of aromatic nitrogens is 3.